The summed E-state index contributed by atoms with van der Waals surface area (Å²) in [6.07, 6.45) is 1.75. The largest absolute Gasteiger partial charge is 0.394 e. The lowest BCUT2D eigenvalue weighted by atomic mass is 10.1. The molecular weight excluding hydrogens is 164 g/mol. The molecule has 0 atom stereocenters. The maximum absolute atomic E-state index is 8.48. The average Bonchev–Trinajstić information content (AvgIpc) is 2.15. The summed E-state index contributed by atoms with van der Waals surface area (Å²) in [5, 5.41) is 12.4. The summed E-state index contributed by atoms with van der Waals surface area (Å²) >= 11 is 0. The monoisotopic (exact) mass is 178 g/mol. The second-order valence-corrected chi connectivity index (χ2v) is 2.75. The van der Waals surface area contributed by atoms with E-state index in [1.54, 1.807) is 6.21 Å². The highest BCUT2D eigenvalue weighted by Gasteiger charge is 1.90. The summed E-state index contributed by atoms with van der Waals surface area (Å²) in [6.45, 7) is 2.63. The van der Waals surface area contributed by atoms with Crippen LogP contribution in [0.15, 0.2) is 29.4 Å². The fraction of sp³-hybridized carbons (Fsp3) is 0.300. The lowest BCUT2D eigenvalue weighted by molar-refractivity contribution is 0.294. The van der Waals surface area contributed by atoms with Gasteiger partial charge in [0.1, 0.15) is 0 Å². The average molecular weight is 178 g/mol. The number of aryl methyl sites for hydroxylation is 1. The molecule has 0 fully saturated rings. The lowest BCUT2D eigenvalue weighted by Crippen LogP contribution is -2.11. The predicted octanol–water partition coefficient (Wildman–Crippen LogP) is 0.911. The Balaban J connectivity index is 2.53. The van der Waals surface area contributed by atoms with Gasteiger partial charge in [-0.15, -0.1) is 0 Å². The van der Waals surface area contributed by atoms with E-state index in [1.807, 2.05) is 31.2 Å². The van der Waals surface area contributed by atoms with Crippen molar-refractivity contribution in [3.63, 3.8) is 0 Å². The van der Waals surface area contributed by atoms with E-state index in [-0.39, 0.29) is 6.61 Å². The zero-order chi connectivity index (χ0) is 9.52. The third-order valence-electron chi connectivity index (χ3n) is 1.71. The maximum atomic E-state index is 8.48. The minimum atomic E-state index is 0.102. The third kappa shape index (κ3) is 3.25. The Morgan fingerprint density at radius 2 is 2.23 bits per heavy atom. The van der Waals surface area contributed by atoms with E-state index in [4.69, 9.17) is 5.11 Å². The van der Waals surface area contributed by atoms with Crippen molar-refractivity contribution >= 4 is 6.21 Å². The van der Waals surface area contributed by atoms with Crippen LogP contribution in [0.2, 0.25) is 0 Å². The second-order valence-electron chi connectivity index (χ2n) is 2.75. The van der Waals surface area contributed by atoms with Crippen LogP contribution in [0.1, 0.15) is 11.1 Å². The SMILES string of the molecule is Cc1ccccc1C=NNCCO. The van der Waals surface area contributed by atoms with E-state index in [0.717, 1.165) is 5.56 Å². The molecule has 0 aliphatic carbocycles. The van der Waals surface area contributed by atoms with Gasteiger partial charge in [0.2, 0.25) is 0 Å². The van der Waals surface area contributed by atoms with Gasteiger partial charge in [-0.1, -0.05) is 24.3 Å². The maximum Gasteiger partial charge on any atom is 0.0620 e. The van der Waals surface area contributed by atoms with E-state index in [1.165, 1.54) is 5.56 Å². The number of nitrogens with zero attached hydrogens (tertiary/aromatic N) is 1. The molecule has 0 saturated carbocycles. The summed E-state index contributed by atoms with van der Waals surface area (Å²) < 4.78 is 0. The van der Waals surface area contributed by atoms with Gasteiger partial charge >= 0.3 is 0 Å². The topological polar surface area (TPSA) is 44.6 Å². The molecule has 1 rings (SSSR count). The normalized spacial score (nSPS) is 10.6. The minimum Gasteiger partial charge on any atom is -0.394 e. The predicted molar refractivity (Wildman–Crippen MR) is 53.9 cm³/mol. The Hall–Kier alpha value is -1.35. The van der Waals surface area contributed by atoms with Crippen molar-refractivity contribution in [3.8, 4) is 0 Å². The number of benzene rings is 1. The number of aliphatic hydroxyl groups is 1. The van der Waals surface area contributed by atoms with Gasteiger partial charge in [0.05, 0.1) is 19.4 Å². The highest BCUT2D eigenvalue weighted by Crippen LogP contribution is 2.02. The zero-order valence-electron chi connectivity index (χ0n) is 7.70. The number of hydrogen-bond acceptors (Lipinski definition) is 3. The molecule has 1 aromatic rings. The molecule has 13 heavy (non-hydrogen) atoms. The van der Waals surface area contributed by atoms with Crippen LogP contribution >= 0.6 is 0 Å². The molecule has 0 amide bonds. The number of hydrazone groups is 1. The molecule has 70 valence electrons. The van der Waals surface area contributed by atoms with Gasteiger partial charge in [-0.25, -0.2) is 0 Å². The van der Waals surface area contributed by atoms with Gasteiger partial charge in [-0.2, -0.15) is 5.10 Å². The third-order valence-corrected chi connectivity index (χ3v) is 1.71. The smallest absolute Gasteiger partial charge is 0.0620 e. The molecule has 0 heterocycles. The molecule has 0 aliphatic heterocycles. The van der Waals surface area contributed by atoms with Crippen molar-refractivity contribution in [2.24, 2.45) is 5.10 Å². The van der Waals surface area contributed by atoms with Gasteiger partial charge in [0.15, 0.2) is 0 Å². The Morgan fingerprint density at radius 1 is 1.46 bits per heavy atom. The first-order valence-corrected chi connectivity index (χ1v) is 4.27. The number of rotatable bonds is 4. The van der Waals surface area contributed by atoms with E-state index in [2.05, 4.69) is 10.5 Å². The first-order valence-electron chi connectivity index (χ1n) is 4.27. The van der Waals surface area contributed by atoms with E-state index in [0.29, 0.717) is 6.54 Å². The number of hydrogen-bond donors (Lipinski definition) is 2. The number of aliphatic hydroxyl groups excluding tert-OH is 1. The lowest BCUT2D eigenvalue weighted by Gasteiger charge is -1.98. The molecule has 3 nitrogen and oxygen atoms in total. The Bertz CT molecular complexity index is 284. The summed E-state index contributed by atoms with van der Waals surface area (Å²) in [5.41, 5.74) is 5.01. The summed E-state index contributed by atoms with van der Waals surface area (Å²) in [5.74, 6) is 0. The zero-order valence-corrected chi connectivity index (χ0v) is 7.70. The molecule has 0 bridgehead atoms. The van der Waals surface area contributed by atoms with Gasteiger partial charge in [-0.3, -0.25) is 0 Å². The minimum absolute atomic E-state index is 0.102. The van der Waals surface area contributed by atoms with Crippen LogP contribution in [0.3, 0.4) is 0 Å². The van der Waals surface area contributed by atoms with Crippen LogP contribution in [0, 0.1) is 6.92 Å². The standard InChI is InChI=1S/C10H14N2O/c1-9-4-2-3-5-10(9)8-12-11-6-7-13/h2-5,8,11,13H,6-7H2,1H3. The highest BCUT2D eigenvalue weighted by atomic mass is 16.3. The second kappa shape index (κ2) is 5.32. The van der Waals surface area contributed by atoms with Gasteiger partial charge in [0.25, 0.3) is 0 Å². The quantitative estimate of drug-likeness (QED) is 0.409. The van der Waals surface area contributed by atoms with Crippen molar-refractivity contribution in [1.29, 1.82) is 0 Å². The van der Waals surface area contributed by atoms with Crippen molar-refractivity contribution in [2.75, 3.05) is 13.2 Å². The van der Waals surface area contributed by atoms with E-state index < -0.39 is 0 Å². The number of nitrogens with one attached hydrogen (secondary N) is 1. The molecule has 0 radical (unpaired) electrons. The van der Waals surface area contributed by atoms with Gasteiger partial charge in [0, 0.05) is 0 Å². The van der Waals surface area contributed by atoms with Crippen LogP contribution in [-0.4, -0.2) is 24.5 Å². The summed E-state index contributed by atoms with van der Waals surface area (Å²) in [4.78, 5) is 0. The van der Waals surface area contributed by atoms with Crippen LogP contribution in [0.25, 0.3) is 0 Å². The fourth-order valence-electron chi connectivity index (χ4n) is 0.961. The Morgan fingerprint density at radius 3 is 2.92 bits per heavy atom. The first kappa shape index (κ1) is 9.74. The molecule has 1 aromatic carbocycles. The van der Waals surface area contributed by atoms with Crippen molar-refractivity contribution in [1.82, 2.24) is 5.43 Å². The van der Waals surface area contributed by atoms with E-state index >= 15 is 0 Å². The van der Waals surface area contributed by atoms with Crippen molar-refractivity contribution in [2.45, 2.75) is 6.92 Å². The van der Waals surface area contributed by atoms with E-state index in [9.17, 15) is 0 Å². The molecule has 0 spiro atoms. The van der Waals surface area contributed by atoms with Crippen molar-refractivity contribution in [3.05, 3.63) is 35.4 Å². The van der Waals surface area contributed by atoms with Crippen LogP contribution < -0.4 is 5.43 Å². The molecule has 0 aliphatic rings. The molecular formula is C10H14N2O. The molecule has 3 heteroatoms. The van der Waals surface area contributed by atoms with Crippen LogP contribution in [-0.2, 0) is 0 Å². The van der Waals surface area contributed by atoms with Gasteiger partial charge < -0.3 is 10.5 Å². The van der Waals surface area contributed by atoms with Crippen LogP contribution in [0.4, 0.5) is 0 Å². The molecule has 2 N–H and O–H groups in total. The first-order chi connectivity index (χ1) is 6.34. The Kier molecular flexibility index (Phi) is 3.99. The van der Waals surface area contributed by atoms with Crippen molar-refractivity contribution < 1.29 is 5.11 Å². The summed E-state index contributed by atoms with van der Waals surface area (Å²) in [7, 11) is 0. The Labute approximate surface area is 78.1 Å². The van der Waals surface area contributed by atoms with Crippen LogP contribution in [0.5, 0.6) is 0 Å². The fourth-order valence-corrected chi connectivity index (χ4v) is 0.961. The molecule has 0 aromatic heterocycles. The highest BCUT2D eigenvalue weighted by molar-refractivity contribution is 5.81. The molecule has 0 unspecified atom stereocenters. The summed E-state index contributed by atoms with van der Waals surface area (Å²) in [6, 6.07) is 8.00. The van der Waals surface area contributed by atoms with Gasteiger partial charge in [-0.05, 0) is 18.1 Å². The molecule has 0 saturated heterocycles.